The van der Waals surface area contributed by atoms with E-state index in [2.05, 4.69) is 15.3 Å². The van der Waals surface area contributed by atoms with Crippen molar-refractivity contribution in [2.75, 3.05) is 64.2 Å². The Bertz CT molecular complexity index is 404. The predicted octanol–water partition coefficient (Wildman–Crippen LogP) is 3.25. The third-order valence-electron chi connectivity index (χ3n) is 2.39. The van der Waals surface area contributed by atoms with Crippen LogP contribution in [0.25, 0.3) is 10.4 Å². The highest BCUT2D eigenvalue weighted by molar-refractivity contribution is 8.76. The summed E-state index contributed by atoms with van der Waals surface area (Å²) < 4.78 is 21.3. The van der Waals surface area contributed by atoms with Crippen LogP contribution in [0.15, 0.2) is 5.11 Å². The van der Waals surface area contributed by atoms with Crippen LogP contribution < -0.4 is 5.32 Å². The molecule has 0 aromatic rings. The molecule has 0 atom stereocenters. The maximum atomic E-state index is 11.4. The van der Waals surface area contributed by atoms with Gasteiger partial charge in [-0.2, -0.15) is 0 Å². The first-order valence-electron chi connectivity index (χ1n) is 8.41. The highest BCUT2D eigenvalue weighted by Crippen LogP contribution is 2.20. The number of hydrogen-bond acceptors (Lipinski definition) is 8. The molecule has 9 nitrogen and oxygen atoms in total. The summed E-state index contributed by atoms with van der Waals surface area (Å²) in [5, 5.41) is 6.07. The van der Waals surface area contributed by atoms with Gasteiger partial charge < -0.3 is 24.3 Å². The number of nitrogens with one attached hydrogen (secondary N) is 1. The number of nitrogens with zero attached hydrogens (tertiary/aromatic N) is 3. The van der Waals surface area contributed by atoms with Crippen LogP contribution in [0, 0.1) is 0 Å². The van der Waals surface area contributed by atoms with E-state index in [1.54, 1.807) is 21.6 Å². The summed E-state index contributed by atoms with van der Waals surface area (Å²) in [5.41, 5.74) is 7.62. The Labute approximate surface area is 163 Å². The van der Waals surface area contributed by atoms with Crippen LogP contribution in [0.2, 0.25) is 0 Å². The summed E-state index contributed by atoms with van der Waals surface area (Å²) in [6, 6.07) is 0. The lowest BCUT2D eigenvalue weighted by Gasteiger charge is -2.19. The van der Waals surface area contributed by atoms with E-state index in [1.165, 1.54) is 0 Å². The van der Waals surface area contributed by atoms with Crippen LogP contribution in [-0.4, -0.2) is 75.9 Å². The van der Waals surface area contributed by atoms with Gasteiger partial charge in [0.15, 0.2) is 0 Å². The molecular weight excluding hydrogens is 380 g/mol. The van der Waals surface area contributed by atoms with Crippen molar-refractivity contribution in [1.29, 1.82) is 0 Å². The summed E-state index contributed by atoms with van der Waals surface area (Å²) >= 11 is 0. The molecule has 152 valence electrons. The molecule has 0 aromatic carbocycles. The smallest absolute Gasteiger partial charge is 0.407 e. The first-order valence-corrected chi connectivity index (χ1v) is 10.9. The van der Waals surface area contributed by atoms with Gasteiger partial charge in [0.25, 0.3) is 0 Å². The highest BCUT2D eigenvalue weighted by atomic mass is 33.1. The first kappa shape index (κ1) is 25.2. The summed E-state index contributed by atoms with van der Waals surface area (Å²) in [6.07, 6.45) is -0.443. The van der Waals surface area contributed by atoms with Gasteiger partial charge in [-0.1, -0.05) is 26.7 Å². The quantitative estimate of drug-likeness (QED) is 0.136. The number of alkyl carbamates (subject to hydrolysis) is 1. The lowest BCUT2D eigenvalue weighted by atomic mass is 10.2. The SMILES string of the molecule is CC(C)(C)OC(=O)NCCOCCOCCOCCSSCCN=[N+]=[N-]. The topological polar surface area (TPSA) is 115 Å². The average molecular weight is 411 g/mol. The number of carbonyl (C=O) groups excluding carboxylic acids is 1. The van der Waals surface area contributed by atoms with Gasteiger partial charge in [-0.05, 0) is 26.3 Å². The van der Waals surface area contributed by atoms with Gasteiger partial charge in [0.2, 0.25) is 0 Å². The third kappa shape index (κ3) is 21.2. The van der Waals surface area contributed by atoms with Gasteiger partial charge in [-0.25, -0.2) is 4.79 Å². The fourth-order valence-corrected chi connectivity index (χ4v) is 3.13. The maximum Gasteiger partial charge on any atom is 0.407 e. The van der Waals surface area contributed by atoms with Crippen LogP contribution in [0.1, 0.15) is 20.8 Å². The Morgan fingerprint density at radius 3 is 2.19 bits per heavy atom. The number of rotatable bonds is 16. The lowest BCUT2D eigenvalue weighted by molar-refractivity contribution is 0.0167. The van der Waals surface area contributed by atoms with E-state index in [1.807, 2.05) is 20.8 Å². The second-order valence-electron chi connectivity index (χ2n) is 5.86. The van der Waals surface area contributed by atoms with Crippen LogP contribution >= 0.6 is 21.6 Å². The van der Waals surface area contributed by atoms with Crippen molar-refractivity contribution in [3.05, 3.63) is 10.4 Å². The van der Waals surface area contributed by atoms with Crippen molar-refractivity contribution < 1.29 is 23.7 Å². The normalized spacial score (nSPS) is 11.0. The summed E-state index contributed by atoms with van der Waals surface area (Å²) in [4.78, 5) is 14.1. The number of hydrogen-bond donors (Lipinski definition) is 1. The van der Waals surface area contributed by atoms with Crippen molar-refractivity contribution in [3.8, 4) is 0 Å². The van der Waals surface area contributed by atoms with Crippen molar-refractivity contribution in [2.45, 2.75) is 26.4 Å². The van der Waals surface area contributed by atoms with Gasteiger partial charge >= 0.3 is 6.09 Å². The average Bonchev–Trinajstić information content (AvgIpc) is 2.56. The molecule has 0 rings (SSSR count). The molecule has 0 aliphatic heterocycles. The van der Waals surface area contributed by atoms with E-state index in [0.717, 1.165) is 11.5 Å². The van der Waals surface area contributed by atoms with Gasteiger partial charge in [0.05, 0.1) is 39.6 Å². The fourth-order valence-electron chi connectivity index (χ4n) is 1.41. The minimum Gasteiger partial charge on any atom is -0.444 e. The van der Waals surface area contributed by atoms with E-state index >= 15 is 0 Å². The standard InChI is InChI=1S/C15H30N4O5S2/c1-15(2,3)24-14(20)17-4-6-21-7-8-22-9-10-23-11-13-26-25-12-5-18-19-16/h4-13H2,1-3H3,(H,17,20). The summed E-state index contributed by atoms with van der Waals surface area (Å²) in [5.74, 6) is 1.69. The second-order valence-corrected chi connectivity index (χ2v) is 8.57. The molecule has 0 heterocycles. The molecule has 0 spiro atoms. The minimum atomic E-state index is -0.495. The van der Waals surface area contributed by atoms with Crippen molar-refractivity contribution in [2.24, 2.45) is 5.11 Å². The molecular formula is C15H30N4O5S2. The molecule has 0 saturated carbocycles. The number of azide groups is 1. The van der Waals surface area contributed by atoms with E-state index in [-0.39, 0.29) is 0 Å². The number of ether oxygens (including phenoxy) is 4. The molecule has 0 aromatic heterocycles. The summed E-state index contributed by atoms with van der Waals surface area (Å²) in [6.45, 7) is 9.46. The molecule has 0 fully saturated rings. The van der Waals surface area contributed by atoms with Crippen molar-refractivity contribution >= 4 is 27.7 Å². The molecule has 0 saturated heterocycles. The van der Waals surface area contributed by atoms with Crippen molar-refractivity contribution in [3.63, 3.8) is 0 Å². The Morgan fingerprint density at radius 2 is 1.58 bits per heavy atom. The van der Waals surface area contributed by atoms with Crippen LogP contribution in [-0.2, 0) is 18.9 Å². The number of amides is 1. The van der Waals surface area contributed by atoms with E-state index in [9.17, 15) is 4.79 Å². The zero-order chi connectivity index (χ0) is 19.5. The van der Waals surface area contributed by atoms with Crippen LogP contribution in [0.5, 0.6) is 0 Å². The van der Waals surface area contributed by atoms with Gasteiger partial charge in [-0.15, -0.1) is 0 Å². The Morgan fingerprint density at radius 1 is 1.00 bits per heavy atom. The molecule has 0 bridgehead atoms. The molecule has 1 amide bonds. The molecule has 0 radical (unpaired) electrons. The Balaban J connectivity index is 3.16. The third-order valence-corrected chi connectivity index (χ3v) is 4.74. The molecule has 0 aliphatic carbocycles. The largest absolute Gasteiger partial charge is 0.444 e. The molecule has 11 heteroatoms. The van der Waals surface area contributed by atoms with Gasteiger partial charge in [-0.3, -0.25) is 0 Å². The van der Waals surface area contributed by atoms with Gasteiger partial charge in [0, 0.05) is 29.5 Å². The predicted molar refractivity (Wildman–Crippen MR) is 106 cm³/mol. The number of carbonyl (C=O) groups is 1. The Kier molecular flexibility index (Phi) is 17.0. The zero-order valence-corrected chi connectivity index (χ0v) is 17.4. The second kappa shape index (κ2) is 17.6. The van der Waals surface area contributed by atoms with Gasteiger partial charge in [0.1, 0.15) is 5.60 Å². The monoisotopic (exact) mass is 410 g/mol. The maximum absolute atomic E-state index is 11.4. The Hall–Kier alpha value is -0.840. The van der Waals surface area contributed by atoms with Crippen LogP contribution in [0.3, 0.4) is 0 Å². The summed E-state index contributed by atoms with van der Waals surface area (Å²) in [7, 11) is 3.37. The minimum absolute atomic E-state index is 0.399. The van der Waals surface area contributed by atoms with Crippen LogP contribution in [0.4, 0.5) is 4.79 Å². The van der Waals surface area contributed by atoms with E-state index < -0.39 is 11.7 Å². The molecule has 26 heavy (non-hydrogen) atoms. The lowest BCUT2D eigenvalue weighted by Crippen LogP contribution is -2.34. The van der Waals surface area contributed by atoms with E-state index in [4.69, 9.17) is 24.5 Å². The molecule has 1 N–H and O–H groups in total. The van der Waals surface area contributed by atoms with E-state index in [0.29, 0.717) is 52.7 Å². The van der Waals surface area contributed by atoms with Crippen molar-refractivity contribution in [1.82, 2.24) is 5.32 Å². The molecule has 0 unspecified atom stereocenters. The zero-order valence-electron chi connectivity index (χ0n) is 15.8. The highest BCUT2D eigenvalue weighted by Gasteiger charge is 2.15. The molecule has 0 aliphatic rings. The first-order chi connectivity index (χ1) is 12.5. The fraction of sp³-hybridized carbons (Fsp3) is 0.933.